The lowest BCUT2D eigenvalue weighted by atomic mass is 10.3. The number of fused-ring (bicyclic) bond motifs is 1. The van der Waals surface area contributed by atoms with Gasteiger partial charge in [0.15, 0.2) is 0 Å². The van der Waals surface area contributed by atoms with Crippen LogP contribution in [0.5, 0.6) is 0 Å². The summed E-state index contributed by atoms with van der Waals surface area (Å²) < 4.78 is 1.47. The predicted octanol–water partition coefficient (Wildman–Crippen LogP) is 1.07. The molecule has 0 aliphatic rings. The summed E-state index contributed by atoms with van der Waals surface area (Å²) in [7, 11) is 0. The molecule has 2 heterocycles. The van der Waals surface area contributed by atoms with Crippen molar-refractivity contribution in [2.24, 2.45) is 5.11 Å². The van der Waals surface area contributed by atoms with Crippen molar-refractivity contribution in [2.45, 2.75) is 6.42 Å². The summed E-state index contributed by atoms with van der Waals surface area (Å²) >= 11 is 0. The molecule has 84 valence electrons. The molecule has 0 spiro atoms. The highest BCUT2D eigenvalue weighted by molar-refractivity contribution is 5.51. The van der Waals surface area contributed by atoms with Crippen LogP contribution in [0.4, 0.5) is 0 Å². The summed E-state index contributed by atoms with van der Waals surface area (Å²) in [5.41, 5.74) is 9.02. The number of aromatic amines is 1. The van der Waals surface area contributed by atoms with Crippen molar-refractivity contribution in [1.82, 2.24) is 14.6 Å². The molecular weight excluding hydrogens is 220 g/mol. The first-order valence-electron chi connectivity index (χ1n) is 4.87. The van der Waals surface area contributed by atoms with E-state index < -0.39 is 0 Å². The van der Waals surface area contributed by atoms with E-state index in [1.54, 1.807) is 12.3 Å². The van der Waals surface area contributed by atoms with Gasteiger partial charge in [-0.25, -0.2) is 4.52 Å². The molecule has 0 bridgehead atoms. The SMILES string of the molecule is [N-]=[N+]=NCCC#Cc1cc2c(=O)[nH]cnn2c1. The van der Waals surface area contributed by atoms with Crippen molar-refractivity contribution >= 4 is 5.52 Å². The fourth-order valence-corrected chi connectivity index (χ4v) is 1.32. The average molecular weight is 228 g/mol. The van der Waals surface area contributed by atoms with Crippen LogP contribution in [-0.4, -0.2) is 21.1 Å². The van der Waals surface area contributed by atoms with Crippen LogP contribution in [-0.2, 0) is 0 Å². The van der Waals surface area contributed by atoms with E-state index in [4.69, 9.17) is 5.53 Å². The molecule has 2 aromatic heterocycles. The number of azide groups is 1. The fourth-order valence-electron chi connectivity index (χ4n) is 1.32. The third-order valence-corrected chi connectivity index (χ3v) is 2.04. The van der Waals surface area contributed by atoms with Crippen LogP contribution in [0.3, 0.4) is 0 Å². The van der Waals surface area contributed by atoms with Crippen LogP contribution in [0.25, 0.3) is 16.0 Å². The lowest BCUT2D eigenvalue weighted by molar-refractivity contribution is 0.888. The van der Waals surface area contributed by atoms with Gasteiger partial charge in [0.05, 0.1) is 0 Å². The number of nitrogens with one attached hydrogen (secondary N) is 1. The Morgan fingerprint density at radius 3 is 3.29 bits per heavy atom. The summed E-state index contributed by atoms with van der Waals surface area (Å²) in [4.78, 5) is 16.5. The van der Waals surface area contributed by atoms with E-state index in [1.165, 1.54) is 10.8 Å². The van der Waals surface area contributed by atoms with E-state index in [1.807, 2.05) is 0 Å². The second-order valence-corrected chi connectivity index (χ2v) is 3.18. The minimum absolute atomic E-state index is 0.206. The minimum atomic E-state index is -0.206. The molecule has 2 aromatic rings. The zero-order valence-electron chi connectivity index (χ0n) is 8.79. The van der Waals surface area contributed by atoms with E-state index in [0.717, 1.165) is 0 Å². The van der Waals surface area contributed by atoms with Crippen LogP contribution < -0.4 is 5.56 Å². The highest BCUT2D eigenvalue weighted by Gasteiger charge is 2.00. The van der Waals surface area contributed by atoms with Crippen molar-refractivity contribution in [3.05, 3.63) is 45.0 Å². The molecule has 0 radical (unpaired) electrons. The Morgan fingerprint density at radius 1 is 1.65 bits per heavy atom. The van der Waals surface area contributed by atoms with Gasteiger partial charge in [-0.15, -0.1) is 0 Å². The molecule has 7 nitrogen and oxygen atoms in total. The molecule has 0 saturated heterocycles. The molecule has 2 rings (SSSR count). The van der Waals surface area contributed by atoms with Crippen molar-refractivity contribution in [2.75, 3.05) is 6.54 Å². The van der Waals surface area contributed by atoms with Crippen molar-refractivity contribution in [3.8, 4) is 11.8 Å². The summed E-state index contributed by atoms with van der Waals surface area (Å²) in [5.74, 6) is 5.72. The van der Waals surface area contributed by atoms with Gasteiger partial charge < -0.3 is 4.98 Å². The van der Waals surface area contributed by atoms with Gasteiger partial charge in [0.2, 0.25) is 0 Å². The molecule has 1 N–H and O–H groups in total. The maximum absolute atomic E-state index is 11.4. The highest BCUT2D eigenvalue weighted by Crippen LogP contribution is 2.01. The van der Waals surface area contributed by atoms with Gasteiger partial charge in [-0.2, -0.15) is 5.10 Å². The number of H-pyrrole nitrogens is 1. The fraction of sp³-hybridized carbons (Fsp3) is 0.200. The van der Waals surface area contributed by atoms with Crippen LogP contribution >= 0.6 is 0 Å². The maximum atomic E-state index is 11.4. The highest BCUT2D eigenvalue weighted by atomic mass is 16.1. The summed E-state index contributed by atoms with van der Waals surface area (Å²) in [6, 6.07) is 1.66. The molecule has 17 heavy (non-hydrogen) atoms. The molecule has 0 aliphatic heterocycles. The topological polar surface area (TPSA) is 98.9 Å². The molecule has 0 saturated carbocycles. The first-order chi connectivity index (χ1) is 8.31. The lowest BCUT2D eigenvalue weighted by Crippen LogP contribution is -2.09. The first kappa shape index (κ1) is 10.8. The quantitative estimate of drug-likeness (QED) is 0.273. The second kappa shape index (κ2) is 4.88. The Balaban J connectivity index is 2.22. The van der Waals surface area contributed by atoms with Crippen molar-refractivity contribution in [1.29, 1.82) is 0 Å². The van der Waals surface area contributed by atoms with E-state index in [0.29, 0.717) is 24.0 Å². The smallest absolute Gasteiger partial charge is 0.275 e. The van der Waals surface area contributed by atoms with Gasteiger partial charge in [0, 0.05) is 29.6 Å². The first-order valence-corrected chi connectivity index (χ1v) is 4.87. The zero-order chi connectivity index (χ0) is 12.1. The van der Waals surface area contributed by atoms with Crippen LogP contribution in [0.1, 0.15) is 12.0 Å². The lowest BCUT2D eigenvalue weighted by Gasteiger charge is -1.87. The molecule has 0 atom stereocenters. The summed E-state index contributed by atoms with van der Waals surface area (Å²) in [6.07, 6.45) is 3.49. The monoisotopic (exact) mass is 228 g/mol. The third kappa shape index (κ3) is 2.45. The third-order valence-electron chi connectivity index (χ3n) is 2.04. The largest absolute Gasteiger partial charge is 0.310 e. The van der Waals surface area contributed by atoms with E-state index >= 15 is 0 Å². The normalized spacial score (nSPS) is 9.41. The average Bonchev–Trinajstić information content (AvgIpc) is 2.73. The standard InChI is InChI=1S/C10H8N6O/c11-15-13-4-2-1-3-8-5-9-10(17)12-7-14-16(9)6-8/h5-7H,2,4H2,(H,12,14,17). The van der Waals surface area contributed by atoms with Gasteiger partial charge in [-0.1, -0.05) is 17.0 Å². The second-order valence-electron chi connectivity index (χ2n) is 3.18. The Bertz CT molecular complexity index is 695. The maximum Gasteiger partial charge on any atom is 0.275 e. The molecule has 0 aliphatic carbocycles. The van der Waals surface area contributed by atoms with E-state index in [-0.39, 0.29) is 5.56 Å². The number of rotatable bonds is 2. The minimum Gasteiger partial charge on any atom is -0.310 e. The molecule has 0 amide bonds. The van der Waals surface area contributed by atoms with E-state index in [9.17, 15) is 4.79 Å². The van der Waals surface area contributed by atoms with Crippen molar-refractivity contribution in [3.63, 3.8) is 0 Å². The Hall–Kier alpha value is -2.71. The van der Waals surface area contributed by atoms with Gasteiger partial charge >= 0.3 is 0 Å². The number of hydrogen-bond donors (Lipinski definition) is 1. The van der Waals surface area contributed by atoms with E-state index in [2.05, 4.69) is 31.9 Å². The van der Waals surface area contributed by atoms with Gasteiger partial charge in [0.25, 0.3) is 5.56 Å². The summed E-state index contributed by atoms with van der Waals surface area (Å²) in [5, 5.41) is 7.31. The van der Waals surface area contributed by atoms with Gasteiger partial charge in [-0.3, -0.25) is 4.79 Å². The Kier molecular flexibility index (Phi) is 3.10. The number of aromatic nitrogens is 3. The molecular formula is C10H8N6O. The molecule has 0 unspecified atom stereocenters. The Labute approximate surface area is 95.7 Å². The van der Waals surface area contributed by atoms with Gasteiger partial charge in [0.1, 0.15) is 11.8 Å². The summed E-state index contributed by atoms with van der Waals surface area (Å²) in [6.45, 7) is 0.343. The predicted molar refractivity (Wildman–Crippen MR) is 61.3 cm³/mol. The molecule has 0 fully saturated rings. The molecule has 7 heteroatoms. The van der Waals surface area contributed by atoms with Crippen LogP contribution in [0.15, 0.2) is 28.5 Å². The van der Waals surface area contributed by atoms with Crippen molar-refractivity contribution < 1.29 is 0 Å². The zero-order valence-corrected chi connectivity index (χ0v) is 8.79. The van der Waals surface area contributed by atoms with Crippen LogP contribution in [0, 0.1) is 11.8 Å². The van der Waals surface area contributed by atoms with Crippen LogP contribution in [0.2, 0.25) is 0 Å². The molecule has 0 aromatic carbocycles. The Morgan fingerprint density at radius 2 is 2.53 bits per heavy atom. The number of hydrogen-bond acceptors (Lipinski definition) is 3. The number of nitrogens with zero attached hydrogens (tertiary/aromatic N) is 5. The van der Waals surface area contributed by atoms with Gasteiger partial charge in [-0.05, 0) is 11.6 Å².